The van der Waals surface area contributed by atoms with Crippen LogP contribution in [0.3, 0.4) is 0 Å². The first-order valence-electron chi connectivity index (χ1n) is 9.08. The van der Waals surface area contributed by atoms with Crippen LogP contribution in [0, 0.1) is 0 Å². The number of aromatic nitrogens is 3. The van der Waals surface area contributed by atoms with Gasteiger partial charge in [0, 0.05) is 24.6 Å². The quantitative estimate of drug-likeness (QED) is 0.671. The van der Waals surface area contributed by atoms with Crippen LogP contribution in [0.1, 0.15) is 41.0 Å². The van der Waals surface area contributed by atoms with Crippen molar-refractivity contribution in [2.75, 3.05) is 5.32 Å². The van der Waals surface area contributed by atoms with E-state index in [0.717, 1.165) is 24.1 Å². The van der Waals surface area contributed by atoms with Gasteiger partial charge in [0.2, 0.25) is 0 Å². The zero-order valence-electron chi connectivity index (χ0n) is 15.6. The number of carbonyl (C=O) groups is 1. The van der Waals surface area contributed by atoms with Crippen molar-refractivity contribution in [3.8, 4) is 0 Å². The van der Waals surface area contributed by atoms with E-state index in [2.05, 4.69) is 57.6 Å². The van der Waals surface area contributed by atoms with E-state index in [1.165, 1.54) is 17.3 Å². The molecule has 1 amide bonds. The molecule has 138 valence electrons. The predicted octanol–water partition coefficient (Wildman–Crippen LogP) is 3.67. The topological polar surface area (TPSA) is 79.8 Å². The van der Waals surface area contributed by atoms with Gasteiger partial charge in [0.1, 0.15) is 11.5 Å². The molecule has 0 unspecified atom stereocenters. The molecule has 0 radical (unpaired) electrons. The standard InChI is InChI=1S/C21H23N5O/c1-3-16-6-5-7-17(4-2)20(16)26-19-14-23-18(13-24-19)21(27)25-12-15-8-10-22-11-9-15/h5-11,13-14H,3-4,12H2,1-2H3,(H,24,26)(H,25,27). The number of nitrogens with zero attached hydrogens (tertiary/aromatic N) is 3. The molecule has 0 spiro atoms. The number of hydrogen-bond donors (Lipinski definition) is 2. The van der Waals surface area contributed by atoms with E-state index in [1.54, 1.807) is 18.6 Å². The molecule has 0 aliphatic rings. The summed E-state index contributed by atoms with van der Waals surface area (Å²) in [5.41, 5.74) is 4.80. The largest absolute Gasteiger partial charge is 0.347 e. The maximum absolute atomic E-state index is 12.2. The van der Waals surface area contributed by atoms with Gasteiger partial charge in [0.25, 0.3) is 5.91 Å². The van der Waals surface area contributed by atoms with Gasteiger partial charge >= 0.3 is 0 Å². The highest BCUT2D eigenvalue weighted by atomic mass is 16.1. The lowest BCUT2D eigenvalue weighted by molar-refractivity contribution is 0.0945. The monoisotopic (exact) mass is 361 g/mol. The fourth-order valence-electron chi connectivity index (χ4n) is 2.81. The van der Waals surface area contributed by atoms with Crippen LogP contribution in [0.5, 0.6) is 0 Å². The number of anilines is 2. The number of hydrogen-bond acceptors (Lipinski definition) is 5. The fraction of sp³-hybridized carbons (Fsp3) is 0.238. The molecule has 0 atom stereocenters. The van der Waals surface area contributed by atoms with E-state index in [0.29, 0.717) is 12.4 Å². The summed E-state index contributed by atoms with van der Waals surface area (Å²) in [6.07, 6.45) is 8.33. The highest BCUT2D eigenvalue weighted by Gasteiger charge is 2.10. The molecule has 6 heteroatoms. The minimum Gasteiger partial charge on any atom is -0.347 e. The summed E-state index contributed by atoms with van der Waals surface area (Å²) >= 11 is 0. The van der Waals surface area contributed by atoms with E-state index in [-0.39, 0.29) is 11.6 Å². The van der Waals surface area contributed by atoms with Crippen LogP contribution in [-0.2, 0) is 19.4 Å². The Morgan fingerprint density at radius 3 is 2.26 bits per heavy atom. The van der Waals surface area contributed by atoms with E-state index >= 15 is 0 Å². The molecule has 2 aromatic heterocycles. The number of amides is 1. The Bertz CT molecular complexity index is 872. The first-order valence-corrected chi connectivity index (χ1v) is 9.08. The van der Waals surface area contributed by atoms with Gasteiger partial charge < -0.3 is 10.6 Å². The Balaban J connectivity index is 1.68. The number of benzene rings is 1. The third kappa shape index (κ3) is 4.67. The Morgan fingerprint density at radius 2 is 1.67 bits per heavy atom. The number of rotatable bonds is 7. The zero-order chi connectivity index (χ0) is 19.1. The molecule has 0 saturated carbocycles. The molecule has 0 fully saturated rings. The minimum atomic E-state index is -0.255. The number of nitrogens with one attached hydrogen (secondary N) is 2. The number of aryl methyl sites for hydroxylation is 2. The van der Waals surface area contributed by atoms with Crippen LogP contribution in [0.25, 0.3) is 0 Å². The SMILES string of the molecule is CCc1cccc(CC)c1Nc1cnc(C(=O)NCc2ccncc2)cn1. The normalized spacial score (nSPS) is 10.4. The van der Waals surface area contributed by atoms with E-state index < -0.39 is 0 Å². The molecule has 3 aromatic rings. The second-order valence-electron chi connectivity index (χ2n) is 6.11. The molecule has 2 N–H and O–H groups in total. The summed E-state index contributed by atoms with van der Waals surface area (Å²) in [5.74, 6) is 0.366. The zero-order valence-corrected chi connectivity index (χ0v) is 15.6. The van der Waals surface area contributed by atoms with Gasteiger partial charge in [-0.05, 0) is 41.7 Å². The van der Waals surface area contributed by atoms with Gasteiger partial charge in [0.15, 0.2) is 0 Å². The molecular weight excluding hydrogens is 338 g/mol. The van der Waals surface area contributed by atoms with Crippen LogP contribution in [0.2, 0.25) is 0 Å². The lowest BCUT2D eigenvalue weighted by Gasteiger charge is -2.14. The lowest BCUT2D eigenvalue weighted by atomic mass is 10.0. The smallest absolute Gasteiger partial charge is 0.271 e. The summed E-state index contributed by atoms with van der Waals surface area (Å²) < 4.78 is 0. The first-order chi connectivity index (χ1) is 13.2. The fourth-order valence-corrected chi connectivity index (χ4v) is 2.81. The molecule has 27 heavy (non-hydrogen) atoms. The highest BCUT2D eigenvalue weighted by Crippen LogP contribution is 2.25. The Kier molecular flexibility index (Phi) is 6.10. The van der Waals surface area contributed by atoms with Crippen LogP contribution in [-0.4, -0.2) is 20.9 Å². The van der Waals surface area contributed by atoms with Gasteiger partial charge in [-0.2, -0.15) is 0 Å². The average molecular weight is 361 g/mol. The Morgan fingerprint density at radius 1 is 0.963 bits per heavy atom. The van der Waals surface area contributed by atoms with Crippen molar-refractivity contribution >= 4 is 17.4 Å². The maximum Gasteiger partial charge on any atom is 0.271 e. The maximum atomic E-state index is 12.2. The van der Waals surface area contributed by atoms with E-state index in [1.807, 2.05) is 12.1 Å². The third-order valence-electron chi connectivity index (χ3n) is 4.34. The lowest BCUT2D eigenvalue weighted by Crippen LogP contribution is -2.24. The highest BCUT2D eigenvalue weighted by molar-refractivity contribution is 5.92. The molecule has 0 aliphatic heterocycles. The van der Waals surface area contributed by atoms with Crippen molar-refractivity contribution < 1.29 is 4.79 Å². The van der Waals surface area contributed by atoms with Crippen molar-refractivity contribution in [2.24, 2.45) is 0 Å². The average Bonchev–Trinajstić information content (AvgIpc) is 2.73. The van der Waals surface area contributed by atoms with Crippen molar-refractivity contribution in [3.05, 3.63) is 77.5 Å². The molecule has 0 aliphatic carbocycles. The van der Waals surface area contributed by atoms with Crippen LogP contribution in [0.15, 0.2) is 55.1 Å². The summed E-state index contributed by atoms with van der Waals surface area (Å²) in [7, 11) is 0. The molecule has 0 saturated heterocycles. The molecule has 6 nitrogen and oxygen atoms in total. The summed E-state index contributed by atoms with van der Waals surface area (Å²) in [6, 6.07) is 10.0. The summed E-state index contributed by atoms with van der Waals surface area (Å²) in [6.45, 7) is 4.68. The van der Waals surface area contributed by atoms with E-state index in [4.69, 9.17) is 0 Å². The summed E-state index contributed by atoms with van der Waals surface area (Å²) in [4.78, 5) is 24.8. The molecule has 2 heterocycles. The van der Waals surface area contributed by atoms with Crippen molar-refractivity contribution in [2.45, 2.75) is 33.2 Å². The van der Waals surface area contributed by atoms with Crippen molar-refractivity contribution in [3.63, 3.8) is 0 Å². The van der Waals surface area contributed by atoms with Crippen LogP contribution >= 0.6 is 0 Å². The van der Waals surface area contributed by atoms with Crippen molar-refractivity contribution in [1.29, 1.82) is 0 Å². The Labute approximate surface area is 159 Å². The summed E-state index contributed by atoms with van der Waals surface area (Å²) in [5, 5.41) is 6.19. The van der Waals surface area contributed by atoms with Gasteiger partial charge in [-0.15, -0.1) is 0 Å². The molecule has 0 bridgehead atoms. The van der Waals surface area contributed by atoms with Gasteiger partial charge in [-0.1, -0.05) is 32.0 Å². The minimum absolute atomic E-state index is 0.255. The Hall–Kier alpha value is -3.28. The van der Waals surface area contributed by atoms with Gasteiger partial charge in [0.05, 0.1) is 12.4 Å². The second kappa shape index (κ2) is 8.89. The first kappa shape index (κ1) is 18.5. The number of pyridine rings is 1. The van der Waals surface area contributed by atoms with Gasteiger partial charge in [-0.25, -0.2) is 9.97 Å². The molecule has 3 rings (SSSR count). The van der Waals surface area contributed by atoms with Crippen molar-refractivity contribution in [1.82, 2.24) is 20.3 Å². The van der Waals surface area contributed by atoms with E-state index in [9.17, 15) is 4.79 Å². The molecular formula is C21H23N5O. The number of para-hydroxylation sites is 1. The van der Waals surface area contributed by atoms with Crippen LogP contribution < -0.4 is 10.6 Å². The predicted molar refractivity (Wildman–Crippen MR) is 106 cm³/mol. The van der Waals surface area contributed by atoms with Gasteiger partial charge in [-0.3, -0.25) is 9.78 Å². The second-order valence-corrected chi connectivity index (χ2v) is 6.11. The van der Waals surface area contributed by atoms with Crippen LogP contribution in [0.4, 0.5) is 11.5 Å². The third-order valence-corrected chi connectivity index (χ3v) is 4.34. The number of carbonyl (C=O) groups excluding carboxylic acids is 1. The molecule has 1 aromatic carbocycles.